The summed E-state index contributed by atoms with van der Waals surface area (Å²) in [6.07, 6.45) is 3.79. The number of amides is 3. The Hall–Kier alpha value is -2.10. The van der Waals surface area contributed by atoms with E-state index in [2.05, 4.69) is 5.32 Å². The number of hydrogen-bond donors (Lipinski definition) is 1. The molecule has 1 aromatic carbocycles. The summed E-state index contributed by atoms with van der Waals surface area (Å²) >= 11 is 0. The monoisotopic (exact) mass is 216 g/mol. The van der Waals surface area contributed by atoms with Gasteiger partial charge in [0, 0.05) is 18.7 Å². The Bertz CT molecular complexity index is 418. The van der Waals surface area contributed by atoms with E-state index in [0.717, 1.165) is 0 Å². The molecule has 0 radical (unpaired) electrons. The van der Waals surface area contributed by atoms with Gasteiger partial charge in [-0.15, -0.1) is 0 Å². The summed E-state index contributed by atoms with van der Waals surface area (Å²) in [6.45, 7) is 1.13. The molecule has 82 valence electrons. The number of rotatable bonds is 1. The normalized spacial score (nSPS) is 13.9. The van der Waals surface area contributed by atoms with Gasteiger partial charge in [0.1, 0.15) is 0 Å². The van der Waals surface area contributed by atoms with E-state index in [4.69, 9.17) is 0 Å². The summed E-state index contributed by atoms with van der Waals surface area (Å²) in [5.74, 6) is -0.363. The maximum Gasteiger partial charge on any atom is 0.324 e. The Morgan fingerprint density at radius 2 is 1.69 bits per heavy atom. The number of benzene rings is 1. The molecule has 2 rings (SSSR count). The maximum absolute atomic E-state index is 11.6. The lowest BCUT2D eigenvalue weighted by atomic mass is 10.2. The number of imide groups is 1. The molecule has 0 saturated carbocycles. The van der Waals surface area contributed by atoms with E-state index in [1.54, 1.807) is 29.2 Å². The Morgan fingerprint density at radius 1 is 1.06 bits per heavy atom. The Morgan fingerprint density at radius 3 is 2.31 bits per heavy atom. The maximum atomic E-state index is 11.6. The Labute approximate surface area is 93.6 Å². The molecule has 4 nitrogen and oxygen atoms in total. The number of nitrogens with one attached hydrogen (secondary N) is 1. The molecule has 1 aliphatic heterocycles. The molecule has 16 heavy (non-hydrogen) atoms. The predicted molar refractivity (Wildman–Crippen MR) is 60.0 cm³/mol. The fourth-order valence-electron chi connectivity index (χ4n) is 1.48. The summed E-state index contributed by atoms with van der Waals surface area (Å²) in [4.78, 5) is 24.8. The van der Waals surface area contributed by atoms with E-state index in [-0.39, 0.29) is 11.9 Å². The summed E-state index contributed by atoms with van der Waals surface area (Å²) in [5.41, 5.74) is 0.489. The van der Waals surface area contributed by atoms with Crippen molar-refractivity contribution in [1.82, 2.24) is 10.2 Å². The molecule has 4 heteroatoms. The first-order valence-electron chi connectivity index (χ1n) is 5.07. The highest BCUT2D eigenvalue weighted by Crippen LogP contribution is 2.01. The molecule has 0 bridgehead atoms. The molecule has 1 aliphatic rings. The van der Waals surface area contributed by atoms with E-state index in [9.17, 15) is 9.59 Å². The van der Waals surface area contributed by atoms with Crippen LogP contribution in [0.1, 0.15) is 10.4 Å². The van der Waals surface area contributed by atoms with Crippen LogP contribution in [0, 0.1) is 0 Å². The van der Waals surface area contributed by atoms with Gasteiger partial charge in [0.2, 0.25) is 0 Å². The fraction of sp³-hybridized carbons (Fsp3) is 0.167. The van der Waals surface area contributed by atoms with E-state index in [1.165, 1.54) is 0 Å². The minimum absolute atomic E-state index is 0.348. The first-order valence-corrected chi connectivity index (χ1v) is 5.07. The number of carbonyl (C=O) groups is 2. The quantitative estimate of drug-likeness (QED) is 0.721. The van der Waals surface area contributed by atoms with Crippen molar-refractivity contribution in [2.45, 2.75) is 0 Å². The number of hydrogen-bond acceptors (Lipinski definition) is 2. The molecular weight excluding hydrogens is 204 g/mol. The van der Waals surface area contributed by atoms with Gasteiger partial charge in [-0.25, -0.2) is 4.79 Å². The van der Waals surface area contributed by atoms with Crippen LogP contribution in [0.25, 0.3) is 0 Å². The van der Waals surface area contributed by atoms with Gasteiger partial charge in [-0.2, -0.15) is 0 Å². The first kappa shape index (κ1) is 10.4. The van der Waals surface area contributed by atoms with Crippen LogP contribution in [0.4, 0.5) is 4.79 Å². The smallest absolute Gasteiger partial charge is 0.317 e. The summed E-state index contributed by atoms with van der Waals surface area (Å²) < 4.78 is 0. The third kappa shape index (κ3) is 2.28. The van der Waals surface area contributed by atoms with Gasteiger partial charge in [-0.3, -0.25) is 10.1 Å². The highest BCUT2D eigenvalue weighted by Gasteiger charge is 2.17. The van der Waals surface area contributed by atoms with Crippen molar-refractivity contribution in [2.75, 3.05) is 13.1 Å². The average molecular weight is 216 g/mol. The van der Waals surface area contributed by atoms with Crippen LogP contribution in [0.2, 0.25) is 0 Å². The average Bonchev–Trinajstić information content (AvgIpc) is 2.83. The number of carbonyl (C=O) groups excluding carboxylic acids is 2. The molecule has 1 aromatic rings. The van der Waals surface area contributed by atoms with Crippen molar-refractivity contribution in [3.05, 3.63) is 48.0 Å². The van der Waals surface area contributed by atoms with Gasteiger partial charge in [-0.1, -0.05) is 30.4 Å². The topological polar surface area (TPSA) is 49.4 Å². The zero-order valence-corrected chi connectivity index (χ0v) is 8.72. The standard InChI is InChI=1S/C12H12N2O2/c15-11(10-6-2-1-3-7-10)13-12(16)14-8-4-5-9-14/h1-7H,8-9H2,(H,13,15,16). The third-order valence-corrected chi connectivity index (χ3v) is 2.36. The van der Waals surface area contributed by atoms with Crippen LogP contribution in [-0.2, 0) is 0 Å². The van der Waals surface area contributed by atoms with Crippen molar-refractivity contribution in [1.29, 1.82) is 0 Å². The fourth-order valence-corrected chi connectivity index (χ4v) is 1.48. The summed E-state index contributed by atoms with van der Waals surface area (Å²) in [7, 11) is 0. The Balaban J connectivity index is 1.95. The highest BCUT2D eigenvalue weighted by atomic mass is 16.2. The van der Waals surface area contributed by atoms with Gasteiger partial charge in [-0.05, 0) is 12.1 Å². The van der Waals surface area contributed by atoms with Crippen LogP contribution >= 0.6 is 0 Å². The molecule has 0 unspecified atom stereocenters. The minimum atomic E-state index is -0.363. The van der Waals surface area contributed by atoms with Gasteiger partial charge in [0.25, 0.3) is 5.91 Å². The molecular formula is C12H12N2O2. The van der Waals surface area contributed by atoms with Crippen molar-refractivity contribution in [3.63, 3.8) is 0 Å². The highest BCUT2D eigenvalue weighted by molar-refractivity contribution is 6.04. The zero-order chi connectivity index (χ0) is 11.4. The van der Waals surface area contributed by atoms with Gasteiger partial charge >= 0.3 is 6.03 Å². The van der Waals surface area contributed by atoms with Crippen LogP contribution in [0.5, 0.6) is 0 Å². The van der Waals surface area contributed by atoms with Crippen molar-refractivity contribution < 1.29 is 9.59 Å². The largest absolute Gasteiger partial charge is 0.324 e. The lowest BCUT2D eigenvalue weighted by molar-refractivity contribution is 0.0955. The van der Waals surface area contributed by atoms with Crippen LogP contribution in [0.3, 0.4) is 0 Å². The second kappa shape index (κ2) is 4.61. The van der Waals surface area contributed by atoms with E-state index < -0.39 is 0 Å². The summed E-state index contributed by atoms with van der Waals surface area (Å²) in [6, 6.07) is 8.34. The van der Waals surface area contributed by atoms with Crippen LogP contribution in [-0.4, -0.2) is 29.9 Å². The van der Waals surface area contributed by atoms with E-state index in [1.807, 2.05) is 18.2 Å². The molecule has 0 aliphatic carbocycles. The summed E-state index contributed by atoms with van der Waals surface area (Å²) in [5, 5.41) is 2.35. The second-order valence-corrected chi connectivity index (χ2v) is 3.50. The van der Waals surface area contributed by atoms with Crippen molar-refractivity contribution in [2.24, 2.45) is 0 Å². The van der Waals surface area contributed by atoms with Crippen LogP contribution in [0.15, 0.2) is 42.5 Å². The molecule has 0 aromatic heterocycles. The zero-order valence-electron chi connectivity index (χ0n) is 8.72. The van der Waals surface area contributed by atoms with E-state index >= 15 is 0 Å². The van der Waals surface area contributed by atoms with Gasteiger partial charge < -0.3 is 4.90 Å². The third-order valence-electron chi connectivity index (χ3n) is 2.36. The van der Waals surface area contributed by atoms with Crippen molar-refractivity contribution >= 4 is 11.9 Å². The molecule has 1 N–H and O–H groups in total. The second-order valence-electron chi connectivity index (χ2n) is 3.50. The molecule has 1 heterocycles. The van der Waals surface area contributed by atoms with Gasteiger partial charge in [0.15, 0.2) is 0 Å². The van der Waals surface area contributed by atoms with E-state index in [0.29, 0.717) is 18.7 Å². The predicted octanol–water partition coefficient (Wildman–Crippen LogP) is 1.41. The molecule has 0 spiro atoms. The van der Waals surface area contributed by atoms with Crippen molar-refractivity contribution in [3.8, 4) is 0 Å². The number of nitrogens with zero attached hydrogens (tertiary/aromatic N) is 1. The molecule has 0 saturated heterocycles. The minimum Gasteiger partial charge on any atom is -0.317 e. The molecule has 0 atom stereocenters. The Kier molecular flexibility index (Phi) is 3.00. The van der Waals surface area contributed by atoms with Crippen LogP contribution < -0.4 is 5.32 Å². The first-order chi connectivity index (χ1) is 7.77. The van der Waals surface area contributed by atoms with Gasteiger partial charge in [0.05, 0.1) is 0 Å². The number of urea groups is 1. The lowest BCUT2D eigenvalue weighted by Crippen LogP contribution is -2.41. The lowest BCUT2D eigenvalue weighted by Gasteiger charge is -2.15. The SMILES string of the molecule is O=C(NC(=O)N1CC=CC1)c1ccccc1. The molecule has 3 amide bonds. The molecule has 0 fully saturated rings.